The van der Waals surface area contributed by atoms with Crippen LogP contribution in [-0.2, 0) is 0 Å². The number of hydrogen-bond acceptors (Lipinski definition) is 8. The van der Waals surface area contributed by atoms with Crippen molar-refractivity contribution in [1.82, 2.24) is 0 Å². The minimum absolute atomic E-state index is 0. The van der Waals surface area contributed by atoms with E-state index in [0.717, 1.165) is 120 Å². The Morgan fingerprint density at radius 1 is 0.231 bits per heavy atom. The Kier molecular flexibility index (Phi) is 32.1. The van der Waals surface area contributed by atoms with Gasteiger partial charge in [-0.2, -0.15) is 0 Å². The van der Waals surface area contributed by atoms with E-state index < -0.39 is 11.9 Å². The van der Waals surface area contributed by atoms with Gasteiger partial charge in [-0.15, -0.1) is 0 Å². The van der Waals surface area contributed by atoms with Crippen molar-refractivity contribution in [3.05, 3.63) is 560 Å². The molecule has 0 aliphatic carbocycles. The van der Waals surface area contributed by atoms with Crippen LogP contribution in [0.3, 0.4) is 0 Å². The molecule has 8 nitrogen and oxygen atoms in total. The molecule has 134 heavy (non-hydrogen) atoms. The molecule has 0 aromatic heterocycles. The largest absolute Gasteiger partial charge is 0.545 e. The van der Waals surface area contributed by atoms with Gasteiger partial charge in [-0.3, -0.25) is 0 Å². The SMILES string of the molecule is C=c1ccc(=C(c2ccc(N(CC)CC)cc2)c2ccccc2C(=O)[O-])cc1.C=c1ccc(=C(c2ccc(N(CC)CC)cc2C)c2cccc3ccccc23)cc1.C=c1ccc(=C(c2ccc(N(c3ccccc3)c3ccccc3)cc2)c2ccccc2C(=O)[O-])cc1.C=c1ccc(=C(c2ccc(N(c3ccccc3)c3ccccc3)cc2C)c2cccc3ccccc23)cc1.[CH3-].[CH3-]. The van der Waals surface area contributed by atoms with Crippen molar-refractivity contribution < 1.29 is 19.8 Å². The van der Waals surface area contributed by atoms with Crippen LogP contribution in [0, 0.1) is 28.7 Å². The molecule has 18 aromatic rings. The third-order valence-electron chi connectivity index (χ3n) is 24.0. The summed E-state index contributed by atoms with van der Waals surface area (Å²) in [4.78, 5) is 32.9. The van der Waals surface area contributed by atoms with E-state index in [-0.39, 0.29) is 26.0 Å². The first-order valence-corrected chi connectivity index (χ1v) is 45.0. The maximum Gasteiger partial charge on any atom is 0.0721 e. The second-order valence-corrected chi connectivity index (χ2v) is 32.5. The highest BCUT2D eigenvalue weighted by molar-refractivity contribution is 6.01. The fourth-order valence-corrected chi connectivity index (χ4v) is 17.4. The van der Waals surface area contributed by atoms with E-state index in [0.29, 0.717) is 11.1 Å². The van der Waals surface area contributed by atoms with Crippen LogP contribution in [0.2, 0.25) is 0 Å². The number of carboxylic acids is 2. The van der Waals surface area contributed by atoms with Crippen molar-refractivity contribution in [3.63, 3.8) is 0 Å². The van der Waals surface area contributed by atoms with E-state index in [2.05, 4.69) is 367 Å². The Bertz CT molecular complexity index is 7450. The van der Waals surface area contributed by atoms with Crippen LogP contribution in [0.4, 0.5) is 45.5 Å². The number of anilines is 8. The molecule has 0 unspecified atom stereocenters. The summed E-state index contributed by atoms with van der Waals surface area (Å²) in [5, 5.41) is 36.8. The lowest BCUT2D eigenvalue weighted by Gasteiger charge is -2.26. The smallest absolute Gasteiger partial charge is 0.0721 e. The number of para-hydroxylation sites is 4. The summed E-state index contributed by atoms with van der Waals surface area (Å²) in [5.41, 5.74) is 24.1. The summed E-state index contributed by atoms with van der Waals surface area (Å²) in [6.07, 6.45) is 0. The Balaban J connectivity index is 0.000000152. The van der Waals surface area contributed by atoms with Gasteiger partial charge in [0.25, 0.3) is 0 Å². The van der Waals surface area contributed by atoms with E-state index in [1.807, 2.05) is 133 Å². The molecule has 0 spiro atoms. The van der Waals surface area contributed by atoms with Crippen molar-refractivity contribution in [2.75, 3.05) is 45.8 Å². The number of carbonyl (C=O) groups excluding carboxylic acids is 2. The molecular formula is C126H112N4O4-4. The molecular weight excluding hydrogens is 1630 g/mol. The molecule has 0 saturated carbocycles. The van der Waals surface area contributed by atoms with E-state index in [4.69, 9.17) is 0 Å². The second kappa shape index (κ2) is 45.2. The van der Waals surface area contributed by atoms with Gasteiger partial charge < -0.3 is 54.3 Å². The van der Waals surface area contributed by atoms with Crippen molar-refractivity contribution in [2.24, 2.45) is 0 Å². The minimum Gasteiger partial charge on any atom is -0.545 e. The van der Waals surface area contributed by atoms with Gasteiger partial charge in [0, 0.05) is 82.8 Å². The van der Waals surface area contributed by atoms with Gasteiger partial charge in [-0.25, -0.2) is 0 Å². The minimum atomic E-state index is -1.20. The number of aryl methyl sites for hydroxylation is 2. The molecule has 0 fully saturated rings. The van der Waals surface area contributed by atoms with Gasteiger partial charge in [0.1, 0.15) is 0 Å². The van der Waals surface area contributed by atoms with Crippen LogP contribution in [-0.4, -0.2) is 38.1 Å². The Labute approximate surface area is 789 Å². The molecule has 0 saturated heterocycles. The average molecular weight is 1750 g/mol. The summed E-state index contributed by atoms with van der Waals surface area (Å²) in [7, 11) is 0. The maximum atomic E-state index is 12.0. The Morgan fingerprint density at radius 3 is 0.806 bits per heavy atom. The first-order valence-electron chi connectivity index (χ1n) is 45.0. The number of aromatic carboxylic acids is 2. The zero-order valence-corrected chi connectivity index (χ0v) is 77.6. The maximum absolute atomic E-state index is 12.0. The molecule has 0 amide bonds. The first-order chi connectivity index (χ1) is 64.5. The second-order valence-electron chi connectivity index (χ2n) is 32.5. The number of carboxylic acid groups (broad SMARTS) is 2. The predicted molar refractivity (Wildman–Crippen MR) is 565 cm³/mol. The van der Waals surface area contributed by atoms with Crippen LogP contribution in [0.5, 0.6) is 0 Å². The van der Waals surface area contributed by atoms with E-state index in [1.165, 1.54) is 82.2 Å². The zero-order chi connectivity index (χ0) is 92.0. The Morgan fingerprint density at radius 2 is 0.478 bits per heavy atom. The summed E-state index contributed by atoms with van der Waals surface area (Å²) >= 11 is 0. The molecule has 8 heteroatoms. The van der Waals surface area contributed by atoms with Crippen molar-refractivity contribution in [1.29, 1.82) is 0 Å². The first kappa shape index (κ1) is 95.2. The molecule has 664 valence electrons. The van der Waals surface area contributed by atoms with Gasteiger partial charge >= 0.3 is 0 Å². The molecule has 0 heterocycles. The molecule has 0 aliphatic heterocycles. The van der Waals surface area contributed by atoms with Gasteiger partial charge in [0.15, 0.2) is 0 Å². The fourth-order valence-electron chi connectivity index (χ4n) is 17.4. The highest BCUT2D eigenvalue weighted by Gasteiger charge is 2.22. The highest BCUT2D eigenvalue weighted by Crippen LogP contribution is 2.41. The average Bonchev–Trinajstić information content (AvgIpc) is 0.693. The summed E-state index contributed by atoms with van der Waals surface area (Å²) in [6, 6.07) is 149. The van der Waals surface area contributed by atoms with Crippen LogP contribution in [0.1, 0.15) is 104 Å². The molecule has 0 bridgehead atoms. The van der Waals surface area contributed by atoms with Crippen molar-refractivity contribution in [2.45, 2.75) is 41.5 Å². The van der Waals surface area contributed by atoms with Crippen molar-refractivity contribution in [3.8, 4) is 0 Å². The lowest BCUT2D eigenvalue weighted by atomic mass is 9.89. The lowest BCUT2D eigenvalue weighted by molar-refractivity contribution is -0.256. The van der Waals surface area contributed by atoms with Crippen LogP contribution >= 0.6 is 0 Å². The van der Waals surface area contributed by atoms with E-state index >= 15 is 0 Å². The van der Waals surface area contributed by atoms with Crippen LogP contribution in [0.25, 0.3) is 70.2 Å². The van der Waals surface area contributed by atoms with Gasteiger partial charge in [0.05, 0.1) is 11.9 Å². The monoisotopic (exact) mass is 1740 g/mol. The third kappa shape index (κ3) is 22.2. The molecule has 0 atom stereocenters. The van der Waals surface area contributed by atoms with E-state index in [9.17, 15) is 19.8 Å². The van der Waals surface area contributed by atoms with Crippen LogP contribution in [0.15, 0.2) is 437 Å². The van der Waals surface area contributed by atoms with Gasteiger partial charge in [-0.05, 0) is 280 Å². The number of carbonyl (C=O) groups is 2. The third-order valence-corrected chi connectivity index (χ3v) is 24.0. The molecule has 0 aliphatic rings. The molecule has 0 radical (unpaired) electrons. The van der Waals surface area contributed by atoms with Gasteiger partial charge in [-0.1, -0.05) is 366 Å². The Hall–Kier alpha value is -16.4. The predicted octanol–water partition coefficient (Wildman–Crippen LogP) is 22.6. The quantitative estimate of drug-likeness (QED) is 0.0620. The summed E-state index contributed by atoms with van der Waals surface area (Å²) in [5.74, 6) is -2.38. The zero-order valence-electron chi connectivity index (χ0n) is 77.6. The lowest BCUT2D eigenvalue weighted by Crippen LogP contribution is -2.24. The number of nitrogens with zero attached hydrogens (tertiary/aromatic N) is 4. The molecule has 18 rings (SSSR count). The highest BCUT2D eigenvalue weighted by atomic mass is 16.4. The van der Waals surface area contributed by atoms with Gasteiger partial charge in [0.2, 0.25) is 0 Å². The summed E-state index contributed by atoms with van der Waals surface area (Å²) < 4.78 is 0. The molecule has 18 aromatic carbocycles. The number of rotatable bonds is 22. The number of benzene rings is 18. The topological polar surface area (TPSA) is 93.2 Å². The fraction of sp³-hybridized carbons (Fsp3) is 0.0794. The van der Waals surface area contributed by atoms with E-state index in [1.54, 1.807) is 24.3 Å². The normalized spacial score (nSPS) is 10.6. The standard InChI is InChI=1S/C37H29N.C33H25NO2.C29H29N.C25H25NO2.2CH3/c1-27-20-22-30(23-21-27)37(36-19-11-13-29-12-9-10-18-35(29)36)34-25-24-33(26-28(34)2)38(31-14-5-3-6-15-31)32-16-7-4-8-17-32;1-24-16-18-25(19-17-24)32(30-14-8-9-15-31(30)33(35)36)26-20-22-29(23-21-26)34(27-10-4-2-5-11-27)28-12-6-3-7-13-28;1-5-30(6-2)25-18-19-26(22(4)20-25)29(24-16-14-21(3)15-17-24)28-13-9-11-23-10-7-8-12-27(23)28;1-4-26(5-2)21-16-14-20(15-17-21)24(19-12-10-18(3)11-13-19)22-8-6-7-9-23(22)25(27)28;;/h3-26H,1H2,2H3;2-23H,1H2,(H,35,36);7-20H,3,5-6H2,1-2,4H3;6-17H,3-5H2,1-2H3,(H,27,28);2*1H3/q;;;;2*-1/p-2. The van der Waals surface area contributed by atoms with Crippen molar-refractivity contribution >= 4 is 128 Å². The number of fused-ring (bicyclic) bond motifs is 2. The number of hydrogen-bond donors (Lipinski definition) is 0. The van der Waals surface area contributed by atoms with Crippen LogP contribution < -0.4 is 71.6 Å². The summed E-state index contributed by atoms with van der Waals surface area (Å²) in [6.45, 7) is 33.1. The molecule has 0 N–H and O–H groups in total.